The molecule has 0 aromatic carbocycles. The van der Waals surface area contributed by atoms with Gasteiger partial charge >= 0.3 is 0 Å². The molecular weight excluding hydrogens is 366 g/mol. The van der Waals surface area contributed by atoms with Crippen molar-refractivity contribution in [2.45, 2.75) is 38.1 Å². The Hall–Kier alpha value is -2.65. The van der Waals surface area contributed by atoms with E-state index in [9.17, 15) is 13.9 Å². The van der Waals surface area contributed by atoms with E-state index in [0.29, 0.717) is 42.2 Å². The van der Waals surface area contributed by atoms with Crippen LogP contribution < -0.4 is 10.6 Å². The summed E-state index contributed by atoms with van der Waals surface area (Å²) in [7, 11) is 0. The summed E-state index contributed by atoms with van der Waals surface area (Å²) < 4.78 is 30.1. The number of imidazole rings is 1. The predicted molar refractivity (Wildman–Crippen MR) is 101 cm³/mol. The molecule has 3 N–H and O–H groups in total. The number of nitrogens with one attached hydrogen (secondary N) is 2. The SMILES string of the molecule is CC(C)(O)c1cn2c(-c3ccc(F)c(N[C@H]4CNCC[C@@H]4F)n3)cnc2cn1. The van der Waals surface area contributed by atoms with Crippen molar-refractivity contribution in [3.05, 3.63) is 42.2 Å². The van der Waals surface area contributed by atoms with Gasteiger partial charge in [0.25, 0.3) is 0 Å². The molecule has 0 bridgehead atoms. The summed E-state index contributed by atoms with van der Waals surface area (Å²) in [6, 6.07) is 2.30. The lowest BCUT2D eigenvalue weighted by molar-refractivity contribution is 0.0734. The second-order valence-corrected chi connectivity index (χ2v) is 7.49. The number of halogens is 2. The fraction of sp³-hybridized carbons (Fsp3) is 0.421. The van der Waals surface area contributed by atoms with E-state index in [0.717, 1.165) is 0 Å². The van der Waals surface area contributed by atoms with E-state index in [2.05, 4.69) is 25.6 Å². The standard InChI is InChI=1S/C19H22F2N6O/c1-19(2,28)16-10-27-15(8-24-17(27)9-23-16)13-4-3-12(21)18(25-13)26-14-7-22-6-5-11(14)20/h3-4,8-11,14,22,28H,5-7H2,1-2H3,(H,25,26)/t11-,14-/m0/s1. The first-order valence-electron chi connectivity index (χ1n) is 9.17. The van der Waals surface area contributed by atoms with Crippen LogP contribution in [0.25, 0.3) is 17.0 Å². The summed E-state index contributed by atoms with van der Waals surface area (Å²) in [5.41, 5.74) is 1.01. The number of fused-ring (bicyclic) bond motifs is 1. The van der Waals surface area contributed by atoms with Crippen molar-refractivity contribution in [1.29, 1.82) is 0 Å². The number of pyridine rings is 1. The van der Waals surface area contributed by atoms with Crippen LogP contribution in [0.3, 0.4) is 0 Å². The van der Waals surface area contributed by atoms with Crippen LogP contribution >= 0.6 is 0 Å². The molecule has 9 heteroatoms. The number of rotatable bonds is 4. The molecule has 0 unspecified atom stereocenters. The predicted octanol–water partition coefficient (Wildman–Crippen LogP) is 2.27. The first-order valence-corrected chi connectivity index (χ1v) is 9.17. The topological polar surface area (TPSA) is 87.4 Å². The van der Waals surface area contributed by atoms with Crippen molar-refractivity contribution >= 4 is 11.5 Å². The van der Waals surface area contributed by atoms with E-state index in [-0.39, 0.29) is 5.82 Å². The molecule has 1 saturated heterocycles. The second kappa shape index (κ2) is 7.06. The summed E-state index contributed by atoms with van der Waals surface area (Å²) in [4.78, 5) is 12.9. The molecule has 2 atom stereocenters. The Morgan fingerprint density at radius 1 is 1.29 bits per heavy atom. The van der Waals surface area contributed by atoms with E-state index in [1.54, 1.807) is 42.9 Å². The average Bonchev–Trinajstić information content (AvgIpc) is 3.08. The molecular formula is C19H22F2N6O. The summed E-state index contributed by atoms with van der Waals surface area (Å²) in [5, 5.41) is 16.2. The van der Waals surface area contributed by atoms with E-state index < -0.39 is 23.6 Å². The molecule has 28 heavy (non-hydrogen) atoms. The molecule has 1 aliphatic rings. The van der Waals surface area contributed by atoms with Crippen molar-refractivity contribution in [3.8, 4) is 11.4 Å². The van der Waals surface area contributed by atoms with Crippen LogP contribution in [0.15, 0.2) is 30.7 Å². The molecule has 0 radical (unpaired) electrons. The van der Waals surface area contributed by atoms with Gasteiger partial charge in [0.05, 0.1) is 35.5 Å². The van der Waals surface area contributed by atoms with E-state index in [1.165, 1.54) is 6.07 Å². The van der Waals surface area contributed by atoms with Crippen LogP contribution in [0.2, 0.25) is 0 Å². The Labute approximate surface area is 160 Å². The number of alkyl halides is 1. The number of aromatic nitrogens is 4. The third-order valence-electron chi connectivity index (χ3n) is 4.85. The summed E-state index contributed by atoms with van der Waals surface area (Å²) in [6.07, 6.45) is 4.15. The summed E-state index contributed by atoms with van der Waals surface area (Å²) in [5.74, 6) is -0.547. The Balaban J connectivity index is 1.71. The molecule has 0 aliphatic carbocycles. The molecule has 0 spiro atoms. The van der Waals surface area contributed by atoms with Crippen LogP contribution in [0, 0.1) is 5.82 Å². The maximum Gasteiger partial charge on any atom is 0.165 e. The van der Waals surface area contributed by atoms with Crippen LogP contribution in [0.5, 0.6) is 0 Å². The monoisotopic (exact) mass is 388 g/mol. The van der Waals surface area contributed by atoms with Crippen molar-refractivity contribution in [1.82, 2.24) is 24.7 Å². The molecule has 3 aromatic heterocycles. The largest absolute Gasteiger partial charge is 0.384 e. The van der Waals surface area contributed by atoms with Gasteiger partial charge in [-0.2, -0.15) is 0 Å². The Kier molecular flexibility index (Phi) is 4.72. The number of aliphatic hydroxyl groups is 1. The summed E-state index contributed by atoms with van der Waals surface area (Å²) >= 11 is 0. The molecule has 1 fully saturated rings. The quantitative estimate of drug-likeness (QED) is 0.636. The Bertz CT molecular complexity index is 1000. The Morgan fingerprint density at radius 3 is 2.86 bits per heavy atom. The maximum atomic E-state index is 14.3. The molecule has 0 amide bonds. The van der Waals surface area contributed by atoms with Crippen LogP contribution in [-0.2, 0) is 5.60 Å². The van der Waals surface area contributed by atoms with Gasteiger partial charge in [-0.3, -0.25) is 9.38 Å². The number of anilines is 1. The molecule has 3 aromatic rings. The Morgan fingerprint density at radius 2 is 2.11 bits per heavy atom. The first kappa shape index (κ1) is 18.7. The van der Waals surface area contributed by atoms with Crippen molar-refractivity contribution < 1.29 is 13.9 Å². The number of hydrogen-bond acceptors (Lipinski definition) is 6. The van der Waals surface area contributed by atoms with Gasteiger partial charge in [-0.1, -0.05) is 0 Å². The maximum absolute atomic E-state index is 14.3. The third-order valence-corrected chi connectivity index (χ3v) is 4.85. The van der Waals surface area contributed by atoms with E-state index in [1.807, 2.05) is 0 Å². The molecule has 7 nitrogen and oxygen atoms in total. The number of nitrogens with zero attached hydrogens (tertiary/aromatic N) is 4. The van der Waals surface area contributed by atoms with Crippen molar-refractivity contribution in [2.75, 3.05) is 18.4 Å². The number of piperidine rings is 1. The van der Waals surface area contributed by atoms with Gasteiger partial charge in [-0.25, -0.2) is 18.7 Å². The average molecular weight is 388 g/mol. The lowest BCUT2D eigenvalue weighted by Gasteiger charge is -2.28. The number of hydrogen-bond donors (Lipinski definition) is 3. The van der Waals surface area contributed by atoms with Gasteiger partial charge in [-0.05, 0) is 38.9 Å². The first-order chi connectivity index (χ1) is 13.3. The normalized spacial score (nSPS) is 20.5. The molecule has 4 rings (SSSR count). The minimum absolute atomic E-state index is 0.000526. The zero-order chi connectivity index (χ0) is 19.9. The lowest BCUT2D eigenvalue weighted by atomic mass is 10.1. The zero-order valence-electron chi connectivity index (χ0n) is 15.7. The highest BCUT2D eigenvalue weighted by Gasteiger charge is 2.26. The fourth-order valence-corrected chi connectivity index (χ4v) is 3.22. The van der Waals surface area contributed by atoms with E-state index >= 15 is 0 Å². The molecule has 148 valence electrons. The third kappa shape index (κ3) is 3.55. The van der Waals surface area contributed by atoms with Crippen molar-refractivity contribution in [3.63, 3.8) is 0 Å². The highest BCUT2D eigenvalue weighted by atomic mass is 19.1. The van der Waals surface area contributed by atoms with Gasteiger partial charge < -0.3 is 15.7 Å². The lowest BCUT2D eigenvalue weighted by Crippen LogP contribution is -2.46. The fourth-order valence-electron chi connectivity index (χ4n) is 3.22. The molecule has 0 saturated carbocycles. The molecule has 4 heterocycles. The van der Waals surface area contributed by atoms with E-state index in [4.69, 9.17) is 0 Å². The van der Waals surface area contributed by atoms with Gasteiger partial charge in [0.2, 0.25) is 0 Å². The van der Waals surface area contributed by atoms with Gasteiger partial charge in [0.15, 0.2) is 17.3 Å². The zero-order valence-corrected chi connectivity index (χ0v) is 15.7. The van der Waals surface area contributed by atoms with Gasteiger partial charge in [0.1, 0.15) is 11.8 Å². The van der Waals surface area contributed by atoms with Crippen LogP contribution in [0.4, 0.5) is 14.6 Å². The highest BCUT2D eigenvalue weighted by molar-refractivity contribution is 5.62. The minimum atomic E-state index is -1.12. The minimum Gasteiger partial charge on any atom is -0.384 e. The highest BCUT2D eigenvalue weighted by Crippen LogP contribution is 2.25. The smallest absolute Gasteiger partial charge is 0.165 e. The van der Waals surface area contributed by atoms with Gasteiger partial charge in [0, 0.05) is 12.7 Å². The van der Waals surface area contributed by atoms with Gasteiger partial charge in [-0.15, -0.1) is 0 Å². The van der Waals surface area contributed by atoms with Crippen LogP contribution in [-0.4, -0.2) is 49.8 Å². The molecule has 1 aliphatic heterocycles. The second-order valence-electron chi connectivity index (χ2n) is 7.49. The van der Waals surface area contributed by atoms with Crippen LogP contribution in [0.1, 0.15) is 26.0 Å². The summed E-state index contributed by atoms with van der Waals surface area (Å²) in [6.45, 7) is 4.29. The van der Waals surface area contributed by atoms with Crippen molar-refractivity contribution in [2.24, 2.45) is 0 Å².